The van der Waals surface area contributed by atoms with Gasteiger partial charge in [-0.05, 0) is 36.4 Å². The maximum Gasteiger partial charge on any atom is 0.277 e. The van der Waals surface area contributed by atoms with Crippen LogP contribution in [0.5, 0.6) is 11.5 Å². The Morgan fingerprint density at radius 2 is 1.71 bits per heavy atom. The molecule has 0 bridgehead atoms. The lowest BCUT2D eigenvalue weighted by Crippen LogP contribution is -2.11. The fraction of sp³-hybridized carbons (Fsp3) is 0. The molecule has 0 spiro atoms. The molecular formula is C16H12N2O3. The van der Waals surface area contributed by atoms with E-state index in [0.717, 1.165) is 5.75 Å². The van der Waals surface area contributed by atoms with Crippen LogP contribution in [0.3, 0.4) is 0 Å². The molecular weight excluding hydrogens is 268 g/mol. The second kappa shape index (κ2) is 5.92. The lowest BCUT2D eigenvalue weighted by Gasteiger charge is -2.07. The SMILES string of the molecule is O=C(Nc1ccc(Oc2ccccc2)cc1)c1cocn1. The van der Waals surface area contributed by atoms with Gasteiger partial charge in [0.2, 0.25) is 0 Å². The lowest BCUT2D eigenvalue weighted by molar-refractivity contribution is 0.102. The van der Waals surface area contributed by atoms with Gasteiger partial charge < -0.3 is 14.5 Å². The number of para-hydroxylation sites is 1. The summed E-state index contributed by atoms with van der Waals surface area (Å²) >= 11 is 0. The third kappa shape index (κ3) is 3.27. The standard InChI is InChI=1S/C16H12N2O3/c19-16(15-10-20-11-17-15)18-12-6-8-14(9-7-12)21-13-4-2-1-3-5-13/h1-11H,(H,18,19). The van der Waals surface area contributed by atoms with E-state index in [1.165, 1.54) is 12.7 Å². The predicted octanol–water partition coefficient (Wildman–Crippen LogP) is 3.72. The van der Waals surface area contributed by atoms with Crippen LogP contribution in [0, 0.1) is 0 Å². The number of oxazole rings is 1. The van der Waals surface area contributed by atoms with Gasteiger partial charge in [0.15, 0.2) is 12.1 Å². The molecule has 0 aliphatic rings. The fourth-order valence-electron chi connectivity index (χ4n) is 1.75. The van der Waals surface area contributed by atoms with E-state index in [-0.39, 0.29) is 11.6 Å². The number of ether oxygens (including phenoxy) is 1. The summed E-state index contributed by atoms with van der Waals surface area (Å²) in [5.41, 5.74) is 0.892. The molecule has 5 heteroatoms. The molecule has 1 aromatic heterocycles. The number of benzene rings is 2. The number of rotatable bonds is 4. The number of carbonyl (C=O) groups excluding carboxylic acids is 1. The molecule has 0 saturated heterocycles. The monoisotopic (exact) mass is 280 g/mol. The molecule has 104 valence electrons. The van der Waals surface area contributed by atoms with Crippen LogP contribution in [0.1, 0.15) is 10.5 Å². The van der Waals surface area contributed by atoms with Crippen molar-refractivity contribution in [2.45, 2.75) is 0 Å². The molecule has 3 aromatic rings. The molecule has 1 heterocycles. The molecule has 0 unspecified atom stereocenters. The van der Waals surface area contributed by atoms with E-state index in [0.29, 0.717) is 11.4 Å². The van der Waals surface area contributed by atoms with E-state index >= 15 is 0 Å². The maximum atomic E-state index is 11.8. The van der Waals surface area contributed by atoms with Crippen LogP contribution in [0.4, 0.5) is 5.69 Å². The molecule has 3 rings (SSSR count). The number of nitrogens with zero attached hydrogens (tertiary/aromatic N) is 1. The molecule has 5 nitrogen and oxygen atoms in total. The van der Waals surface area contributed by atoms with Crippen LogP contribution in [0.15, 0.2) is 71.7 Å². The molecule has 21 heavy (non-hydrogen) atoms. The van der Waals surface area contributed by atoms with Crippen molar-refractivity contribution in [3.8, 4) is 11.5 Å². The van der Waals surface area contributed by atoms with Gasteiger partial charge in [0.05, 0.1) is 0 Å². The Kier molecular flexibility index (Phi) is 3.64. The molecule has 0 radical (unpaired) electrons. The molecule has 1 amide bonds. The van der Waals surface area contributed by atoms with Gasteiger partial charge in [0, 0.05) is 5.69 Å². The summed E-state index contributed by atoms with van der Waals surface area (Å²) in [4.78, 5) is 15.6. The molecule has 0 atom stereocenters. The molecule has 0 saturated carbocycles. The average molecular weight is 280 g/mol. The van der Waals surface area contributed by atoms with Crippen molar-refractivity contribution in [1.82, 2.24) is 4.98 Å². The van der Waals surface area contributed by atoms with Gasteiger partial charge in [-0.3, -0.25) is 4.79 Å². The van der Waals surface area contributed by atoms with Gasteiger partial charge in [0.1, 0.15) is 17.8 Å². The van der Waals surface area contributed by atoms with Gasteiger partial charge >= 0.3 is 0 Å². The number of hydrogen-bond donors (Lipinski definition) is 1. The van der Waals surface area contributed by atoms with Gasteiger partial charge in [-0.1, -0.05) is 18.2 Å². The van der Waals surface area contributed by atoms with E-state index in [1.54, 1.807) is 24.3 Å². The Morgan fingerprint density at radius 3 is 2.38 bits per heavy atom. The zero-order valence-electron chi connectivity index (χ0n) is 11.0. The van der Waals surface area contributed by atoms with Crippen molar-refractivity contribution < 1.29 is 13.9 Å². The molecule has 0 aliphatic carbocycles. The summed E-state index contributed by atoms with van der Waals surface area (Å²) in [6.45, 7) is 0. The van der Waals surface area contributed by atoms with Crippen LogP contribution >= 0.6 is 0 Å². The summed E-state index contributed by atoms with van der Waals surface area (Å²) < 4.78 is 10.4. The zero-order valence-corrected chi connectivity index (χ0v) is 11.0. The minimum atomic E-state index is -0.319. The Balaban J connectivity index is 1.65. The first-order valence-corrected chi connectivity index (χ1v) is 6.34. The predicted molar refractivity (Wildman–Crippen MR) is 77.4 cm³/mol. The van der Waals surface area contributed by atoms with Crippen molar-refractivity contribution >= 4 is 11.6 Å². The van der Waals surface area contributed by atoms with Gasteiger partial charge in [-0.15, -0.1) is 0 Å². The summed E-state index contributed by atoms with van der Waals surface area (Å²) in [6, 6.07) is 16.6. The highest BCUT2D eigenvalue weighted by atomic mass is 16.5. The average Bonchev–Trinajstić information content (AvgIpc) is 3.05. The van der Waals surface area contributed by atoms with Gasteiger partial charge in [0.25, 0.3) is 5.91 Å². The first-order valence-electron chi connectivity index (χ1n) is 6.34. The van der Waals surface area contributed by atoms with E-state index in [4.69, 9.17) is 9.15 Å². The fourth-order valence-corrected chi connectivity index (χ4v) is 1.75. The van der Waals surface area contributed by atoms with Crippen molar-refractivity contribution in [3.05, 3.63) is 72.9 Å². The van der Waals surface area contributed by atoms with Gasteiger partial charge in [-0.2, -0.15) is 0 Å². The Morgan fingerprint density at radius 1 is 1.00 bits per heavy atom. The quantitative estimate of drug-likeness (QED) is 0.791. The maximum absolute atomic E-state index is 11.8. The molecule has 1 N–H and O–H groups in total. The first-order chi connectivity index (χ1) is 10.3. The van der Waals surface area contributed by atoms with E-state index in [9.17, 15) is 4.79 Å². The van der Waals surface area contributed by atoms with Crippen LogP contribution in [-0.2, 0) is 0 Å². The number of anilines is 1. The highest BCUT2D eigenvalue weighted by Gasteiger charge is 2.08. The highest BCUT2D eigenvalue weighted by Crippen LogP contribution is 2.22. The largest absolute Gasteiger partial charge is 0.457 e. The second-order valence-corrected chi connectivity index (χ2v) is 4.27. The number of carbonyl (C=O) groups is 1. The van der Waals surface area contributed by atoms with E-state index in [2.05, 4.69) is 10.3 Å². The van der Waals surface area contributed by atoms with Crippen molar-refractivity contribution in [3.63, 3.8) is 0 Å². The third-order valence-electron chi connectivity index (χ3n) is 2.76. The third-order valence-corrected chi connectivity index (χ3v) is 2.76. The molecule has 0 fully saturated rings. The van der Waals surface area contributed by atoms with Crippen molar-refractivity contribution in [1.29, 1.82) is 0 Å². The summed E-state index contributed by atoms with van der Waals surface area (Å²) in [7, 11) is 0. The molecule has 0 aliphatic heterocycles. The number of amides is 1. The smallest absolute Gasteiger partial charge is 0.277 e. The van der Waals surface area contributed by atoms with E-state index in [1.807, 2.05) is 30.3 Å². The Bertz CT molecular complexity index is 707. The Labute approximate surface area is 121 Å². The summed E-state index contributed by atoms with van der Waals surface area (Å²) in [5, 5.41) is 2.72. The number of aromatic nitrogens is 1. The van der Waals surface area contributed by atoms with Crippen LogP contribution in [-0.4, -0.2) is 10.9 Å². The van der Waals surface area contributed by atoms with Gasteiger partial charge in [-0.25, -0.2) is 4.98 Å². The molecule has 2 aromatic carbocycles. The summed E-state index contributed by atoms with van der Waals surface area (Å²) in [5.74, 6) is 1.14. The normalized spacial score (nSPS) is 10.1. The zero-order chi connectivity index (χ0) is 14.5. The lowest BCUT2D eigenvalue weighted by atomic mass is 10.3. The van der Waals surface area contributed by atoms with Crippen molar-refractivity contribution in [2.24, 2.45) is 0 Å². The van der Waals surface area contributed by atoms with E-state index < -0.39 is 0 Å². The van der Waals surface area contributed by atoms with Crippen molar-refractivity contribution in [2.75, 3.05) is 5.32 Å². The second-order valence-electron chi connectivity index (χ2n) is 4.27. The first kappa shape index (κ1) is 12.9. The summed E-state index contributed by atoms with van der Waals surface area (Å²) in [6.07, 6.45) is 2.51. The van der Waals surface area contributed by atoms with Crippen LogP contribution < -0.4 is 10.1 Å². The Hall–Kier alpha value is -3.08. The number of nitrogens with one attached hydrogen (secondary N) is 1. The minimum Gasteiger partial charge on any atom is -0.457 e. The van der Waals surface area contributed by atoms with Crippen LogP contribution in [0.2, 0.25) is 0 Å². The van der Waals surface area contributed by atoms with Crippen LogP contribution in [0.25, 0.3) is 0 Å². The highest BCUT2D eigenvalue weighted by molar-refractivity contribution is 6.02. The minimum absolute atomic E-state index is 0.236. The topological polar surface area (TPSA) is 64.4 Å². The number of hydrogen-bond acceptors (Lipinski definition) is 4.